The van der Waals surface area contributed by atoms with E-state index in [9.17, 15) is 0 Å². The van der Waals surface area contributed by atoms with Gasteiger partial charge in [0.25, 0.3) is 0 Å². The van der Waals surface area contributed by atoms with Crippen molar-refractivity contribution >= 4 is 22.8 Å². The van der Waals surface area contributed by atoms with Crippen molar-refractivity contribution in [2.45, 2.75) is 52.0 Å². The number of aromatic nitrogens is 5. The summed E-state index contributed by atoms with van der Waals surface area (Å²) in [4.78, 5) is 9.04. The van der Waals surface area contributed by atoms with Crippen molar-refractivity contribution in [3.63, 3.8) is 0 Å². The van der Waals surface area contributed by atoms with Gasteiger partial charge in [-0.15, -0.1) is 5.10 Å². The lowest BCUT2D eigenvalue weighted by atomic mass is 9.64. The molecule has 2 aliphatic rings. The van der Waals surface area contributed by atoms with Gasteiger partial charge in [-0.3, -0.25) is 0 Å². The highest BCUT2D eigenvalue weighted by atomic mass is 15.4. The number of anilines is 2. The first-order valence-electron chi connectivity index (χ1n) is 13.8. The minimum Gasteiger partial charge on any atom is -0.324 e. The fraction of sp³-hybridized carbons (Fsp3) is 0.433. The van der Waals surface area contributed by atoms with E-state index in [1.165, 1.54) is 44.1 Å². The Kier molecular flexibility index (Phi) is 7.02. The van der Waals surface area contributed by atoms with Crippen LogP contribution in [0, 0.1) is 35.0 Å². The van der Waals surface area contributed by atoms with Gasteiger partial charge in [0.1, 0.15) is 0 Å². The van der Waals surface area contributed by atoms with Crippen LogP contribution < -0.4 is 10.6 Å². The quantitative estimate of drug-likeness (QED) is 0.313. The van der Waals surface area contributed by atoms with Crippen molar-refractivity contribution in [1.82, 2.24) is 30.3 Å². The van der Waals surface area contributed by atoms with E-state index in [4.69, 9.17) is 5.26 Å². The average Bonchev–Trinajstić information content (AvgIpc) is 3.36. The zero-order chi connectivity index (χ0) is 25.9. The van der Waals surface area contributed by atoms with E-state index in [0.29, 0.717) is 22.7 Å². The lowest BCUT2D eigenvalue weighted by Crippen LogP contribution is -2.35. The molecule has 2 heterocycles. The van der Waals surface area contributed by atoms with Gasteiger partial charge in [0.05, 0.1) is 23.5 Å². The number of hydrogen-bond donors (Lipinski definition) is 2. The molecule has 2 fully saturated rings. The van der Waals surface area contributed by atoms with E-state index in [0.717, 1.165) is 48.1 Å². The van der Waals surface area contributed by atoms with Gasteiger partial charge in [-0.1, -0.05) is 36.8 Å². The Balaban J connectivity index is 1.12. The molecule has 2 unspecified atom stereocenters. The Hall–Kier alpha value is -3.83. The van der Waals surface area contributed by atoms with Crippen LogP contribution in [0.3, 0.4) is 0 Å². The number of nitrogens with one attached hydrogen (secondary N) is 2. The van der Waals surface area contributed by atoms with Gasteiger partial charge in [0, 0.05) is 12.2 Å². The Labute approximate surface area is 223 Å². The maximum Gasteiger partial charge on any atom is 0.229 e. The summed E-state index contributed by atoms with van der Waals surface area (Å²) in [5.41, 5.74) is 4.71. The van der Waals surface area contributed by atoms with E-state index in [1.807, 2.05) is 18.2 Å². The molecule has 194 valence electrons. The second-order valence-electron chi connectivity index (χ2n) is 11.1. The Morgan fingerprint density at radius 3 is 2.63 bits per heavy atom. The summed E-state index contributed by atoms with van der Waals surface area (Å²) >= 11 is 0. The summed E-state index contributed by atoms with van der Waals surface area (Å²) in [5, 5.41) is 24.7. The second kappa shape index (κ2) is 10.9. The van der Waals surface area contributed by atoms with Gasteiger partial charge in [0.15, 0.2) is 11.2 Å². The standard InChI is InChI=1S/C30H34N8/c1-2-20-9-23-11-24(10-20)13-25(12-23)18-32-17-22-6-4-8-27(15-22)38-29-28(36-37-38)19-33-30(35-29)34-26-7-3-5-21(14-26)16-31/h3-8,14-15,19-20,23-25,32H,2,9-13,17-18H2,1H3,(H,33,34,35). The predicted octanol–water partition coefficient (Wildman–Crippen LogP) is 5.77. The topological polar surface area (TPSA) is 104 Å². The molecule has 0 amide bonds. The average molecular weight is 507 g/mol. The van der Waals surface area contributed by atoms with E-state index in [2.05, 4.69) is 62.1 Å². The maximum absolute atomic E-state index is 9.16. The highest BCUT2D eigenvalue weighted by Gasteiger charge is 2.35. The summed E-state index contributed by atoms with van der Waals surface area (Å²) in [7, 11) is 0. The first-order chi connectivity index (χ1) is 18.7. The predicted molar refractivity (Wildman–Crippen MR) is 148 cm³/mol. The van der Waals surface area contributed by atoms with Crippen LogP contribution in [0.4, 0.5) is 11.6 Å². The normalized spacial score (nSPS) is 22.7. The van der Waals surface area contributed by atoms with Crippen molar-refractivity contribution < 1.29 is 0 Å². The van der Waals surface area contributed by atoms with Crippen LogP contribution in [0.1, 0.15) is 56.6 Å². The molecule has 0 saturated heterocycles. The molecule has 2 N–H and O–H groups in total. The van der Waals surface area contributed by atoms with Crippen molar-refractivity contribution in [3.8, 4) is 11.8 Å². The second-order valence-corrected chi connectivity index (χ2v) is 11.1. The zero-order valence-electron chi connectivity index (χ0n) is 21.8. The van der Waals surface area contributed by atoms with Crippen LogP contribution in [0.5, 0.6) is 0 Å². The van der Waals surface area contributed by atoms with Gasteiger partial charge < -0.3 is 10.6 Å². The summed E-state index contributed by atoms with van der Waals surface area (Å²) < 4.78 is 1.75. The van der Waals surface area contributed by atoms with E-state index in [1.54, 1.807) is 23.0 Å². The van der Waals surface area contributed by atoms with Crippen LogP contribution in [-0.2, 0) is 6.54 Å². The largest absolute Gasteiger partial charge is 0.324 e. The summed E-state index contributed by atoms with van der Waals surface area (Å²) in [6.07, 6.45) is 10.2. The van der Waals surface area contributed by atoms with Crippen molar-refractivity contribution in [2.24, 2.45) is 23.7 Å². The first-order valence-corrected chi connectivity index (χ1v) is 13.8. The van der Waals surface area contributed by atoms with Gasteiger partial charge in [-0.2, -0.15) is 14.9 Å². The van der Waals surface area contributed by atoms with Crippen molar-refractivity contribution in [1.29, 1.82) is 5.26 Å². The highest BCUT2D eigenvalue weighted by molar-refractivity contribution is 5.73. The Morgan fingerprint density at radius 1 is 1.00 bits per heavy atom. The number of fused-ring (bicyclic) bond motifs is 3. The van der Waals surface area contributed by atoms with E-state index >= 15 is 0 Å². The van der Waals surface area contributed by atoms with Gasteiger partial charge >= 0.3 is 0 Å². The third kappa shape index (κ3) is 5.39. The van der Waals surface area contributed by atoms with Gasteiger partial charge in [0.2, 0.25) is 5.95 Å². The van der Waals surface area contributed by atoms with E-state index < -0.39 is 0 Å². The van der Waals surface area contributed by atoms with Crippen LogP contribution in [0.2, 0.25) is 0 Å². The molecule has 0 aliphatic heterocycles. The van der Waals surface area contributed by atoms with Crippen molar-refractivity contribution in [2.75, 3.05) is 11.9 Å². The number of nitrogens with zero attached hydrogens (tertiary/aromatic N) is 6. The van der Waals surface area contributed by atoms with Crippen molar-refractivity contribution in [3.05, 3.63) is 65.9 Å². The number of nitriles is 1. The minimum atomic E-state index is 0.427. The fourth-order valence-electron chi connectivity index (χ4n) is 6.60. The molecule has 2 bridgehead atoms. The number of rotatable bonds is 8. The highest BCUT2D eigenvalue weighted by Crippen LogP contribution is 2.45. The molecule has 2 saturated carbocycles. The maximum atomic E-state index is 9.16. The molecule has 8 nitrogen and oxygen atoms in total. The van der Waals surface area contributed by atoms with Crippen LogP contribution in [-0.4, -0.2) is 31.5 Å². The molecule has 2 aromatic heterocycles. The molecule has 38 heavy (non-hydrogen) atoms. The molecule has 2 aliphatic carbocycles. The molecule has 8 heteroatoms. The molecular formula is C30H34N8. The molecule has 6 rings (SSSR count). The molecule has 0 spiro atoms. The summed E-state index contributed by atoms with van der Waals surface area (Å²) in [6, 6.07) is 17.8. The van der Waals surface area contributed by atoms with Crippen LogP contribution >= 0.6 is 0 Å². The fourth-order valence-corrected chi connectivity index (χ4v) is 6.60. The minimum absolute atomic E-state index is 0.427. The monoisotopic (exact) mass is 506 g/mol. The first kappa shape index (κ1) is 24.5. The van der Waals surface area contributed by atoms with Crippen LogP contribution in [0.25, 0.3) is 16.9 Å². The lowest BCUT2D eigenvalue weighted by molar-refractivity contribution is 0.0947. The Bertz CT molecular complexity index is 1440. The smallest absolute Gasteiger partial charge is 0.229 e. The van der Waals surface area contributed by atoms with Gasteiger partial charge in [-0.05, 0) is 98.2 Å². The number of benzene rings is 2. The van der Waals surface area contributed by atoms with Crippen LogP contribution in [0.15, 0.2) is 54.7 Å². The Morgan fingerprint density at radius 2 is 1.82 bits per heavy atom. The molecule has 0 radical (unpaired) electrons. The molecule has 4 aromatic rings. The third-order valence-electron chi connectivity index (χ3n) is 8.27. The zero-order valence-corrected chi connectivity index (χ0v) is 21.8. The molecule has 2 atom stereocenters. The van der Waals surface area contributed by atoms with Gasteiger partial charge in [-0.25, -0.2) is 4.98 Å². The summed E-state index contributed by atoms with van der Waals surface area (Å²) in [6.45, 7) is 4.29. The molecule has 2 aromatic carbocycles. The third-order valence-corrected chi connectivity index (χ3v) is 8.27. The lowest BCUT2D eigenvalue weighted by Gasteiger charge is -2.42. The molecular weight excluding hydrogens is 472 g/mol. The SMILES string of the molecule is CCC1CC2CC(CNCc3cccc(-n4nnc5cnc(Nc6cccc(C#N)c6)nc54)c3)CC(C1)C2. The van der Waals surface area contributed by atoms with E-state index in [-0.39, 0.29) is 0 Å². The number of hydrogen-bond acceptors (Lipinski definition) is 7. The summed E-state index contributed by atoms with van der Waals surface area (Å²) in [5.74, 6) is 4.08.